The van der Waals surface area contributed by atoms with Crippen LogP contribution in [0.4, 0.5) is 0 Å². The topological polar surface area (TPSA) is 95.0 Å². The highest BCUT2D eigenvalue weighted by atomic mass is 16.5. The molecule has 1 aliphatic rings. The Hall–Kier alpha value is -3.32. The highest BCUT2D eigenvalue weighted by Gasteiger charge is 2.23. The largest absolute Gasteiger partial charge is 0.497 e. The second-order valence-electron chi connectivity index (χ2n) is 8.52. The first-order valence-electron chi connectivity index (χ1n) is 11.2. The van der Waals surface area contributed by atoms with Gasteiger partial charge in [0.05, 0.1) is 18.1 Å². The lowest BCUT2D eigenvalue weighted by Crippen LogP contribution is -2.40. The first kappa shape index (κ1) is 22.9. The lowest BCUT2D eigenvalue weighted by atomic mass is 9.96. The number of hydrogen-bond acceptors (Lipinski definition) is 6. The van der Waals surface area contributed by atoms with Crippen LogP contribution >= 0.6 is 0 Å². The molecule has 174 valence electrons. The zero-order valence-corrected chi connectivity index (χ0v) is 19.3. The minimum absolute atomic E-state index is 0.0150. The van der Waals surface area contributed by atoms with Crippen molar-refractivity contribution in [2.75, 3.05) is 33.4 Å². The van der Waals surface area contributed by atoms with Crippen LogP contribution in [0.2, 0.25) is 0 Å². The molecule has 2 heterocycles. The molecule has 2 N–H and O–H groups in total. The van der Waals surface area contributed by atoms with Gasteiger partial charge in [-0.25, -0.2) is 0 Å². The van der Waals surface area contributed by atoms with Crippen molar-refractivity contribution in [2.45, 2.75) is 26.7 Å². The smallest absolute Gasteiger partial charge is 0.220 e. The molecule has 1 amide bonds. The predicted octanol–water partition coefficient (Wildman–Crippen LogP) is 3.66. The molecular formula is C26H30N2O5. The van der Waals surface area contributed by atoms with Gasteiger partial charge in [-0.05, 0) is 69.6 Å². The fraction of sp³-hybridized carbons (Fsp3) is 0.385. The number of methoxy groups -OCH3 is 1. The van der Waals surface area contributed by atoms with Crippen molar-refractivity contribution in [2.24, 2.45) is 11.7 Å². The molecule has 1 fully saturated rings. The lowest BCUT2D eigenvalue weighted by Gasteiger charge is -2.30. The Morgan fingerprint density at radius 2 is 1.82 bits per heavy atom. The summed E-state index contributed by atoms with van der Waals surface area (Å²) >= 11 is 0. The summed E-state index contributed by atoms with van der Waals surface area (Å²) < 4.78 is 17.4. The maximum Gasteiger partial charge on any atom is 0.220 e. The molecule has 3 aromatic rings. The highest BCUT2D eigenvalue weighted by molar-refractivity contribution is 5.86. The Labute approximate surface area is 193 Å². The van der Waals surface area contributed by atoms with E-state index in [1.165, 1.54) is 0 Å². The summed E-state index contributed by atoms with van der Waals surface area (Å²) in [7, 11) is 1.61. The third-order valence-electron chi connectivity index (χ3n) is 6.47. The van der Waals surface area contributed by atoms with E-state index in [1.54, 1.807) is 13.2 Å². The molecule has 7 heteroatoms. The number of rotatable bonds is 7. The molecule has 4 rings (SSSR count). The summed E-state index contributed by atoms with van der Waals surface area (Å²) in [5, 5.41) is 0.532. The third kappa shape index (κ3) is 4.73. The van der Waals surface area contributed by atoms with Gasteiger partial charge >= 0.3 is 0 Å². The number of carbonyl (C=O) groups is 1. The number of nitrogens with two attached hydrogens (primary N) is 1. The van der Waals surface area contributed by atoms with Gasteiger partial charge < -0.3 is 19.6 Å². The van der Waals surface area contributed by atoms with E-state index in [-0.39, 0.29) is 17.3 Å². The number of aryl methyl sites for hydroxylation is 2. The molecule has 1 saturated heterocycles. The summed E-state index contributed by atoms with van der Waals surface area (Å²) in [6.45, 7) is 6.68. The van der Waals surface area contributed by atoms with Crippen molar-refractivity contribution < 1.29 is 18.7 Å². The van der Waals surface area contributed by atoms with E-state index in [4.69, 9.17) is 19.6 Å². The van der Waals surface area contributed by atoms with Gasteiger partial charge in [0.1, 0.15) is 29.4 Å². The molecule has 0 saturated carbocycles. The summed E-state index contributed by atoms with van der Waals surface area (Å²) in [5.74, 6) is 1.78. The van der Waals surface area contributed by atoms with Crippen molar-refractivity contribution in [3.63, 3.8) is 0 Å². The number of primary amides is 1. The van der Waals surface area contributed by atoms with Gasteiger partial charge in [-0.15, -0.1) is 0 Å². The molecular weight excluding hydrogens is 420 g/mol. The standard InChI is InChI=1S/C26H30N2O5/c1-16-22(32-15-14-28-12-10-19(11-13-28)26(27)30)9-8-21-24(29)23(17(2)33-25(16)21)18-4-6-20(31-3)7-5-18/h4-9,19H,10-15H2,1-3H3,(H2,27,30). The number of nitrogens with zero attached hydrogens (tertiary/aromatic N) is 1. The fourth-order valence-electron chi connectivity index (χ4n) is 4.46. The van der Waals surface area contributed by atoms with Crippen LogP contribution in [-0.4, -0.2) is 44.2 Å². The Balaban J connectivity index is 1.50. The van der Waals surface area contributed by atoms with E-state index >= 15 is 0 Å². The fourth-order valence-corrected chi connectivity index (χ4v) is 4.46. The Morgan fingerprint density at radius 1 is 1.12 bits per heavy atom. The number of benzene rings is 2. The van der Waals surface area contributed by atoms with Crippen LogP contribution in [0.25, 0.3) is 22.1 Å². The quantitative estimate of drug-likeness (QED) is 0.590. The normalized spacial score (nSPS) is 15.0. The molecule has 2 aromatic carbocycles. The SMILES string of the molecule is COc1ccc(-c2c(C)oc3c(C)c(OCCN4CCC(C(N)=O)CC4)ccc3c2=O)cc1. The zero-order valence-electron chi connectivity index (χ0n) is 19.3. The van der Waals surface area contributed by atoms with Gasteiger partial charge in [-0.2, -0.15) is 0 Å². The van der Waals surface area contributed by atoms with E-state index in [1.807, 2.05) is 44.2 Å². The molecule has 0 bridgehead atoms. The number of piperidine rings is 1. The summed E-state index contributed by atoms with van der Waals surface area (Å²) in [6, 6.07) is 11.0. The summed E-state index contributed by atoms with van der Waals surface area (Å²) in [6.07, 6.45) is 1.59. The third-order valence-corrected chi connectivity index (χ3v) is 6.47. The molecule has 1 aliphatic heterocycles. The van der Waals surface area contributed by atoms with Crippen molar-refractivity contribution >= 4 is 16.9 Å². The van der Waals surface area contributed by atoms with Crippen LogP contribution in [0.15, 0.2) is 45.6 Å². The minimum Gasteiger partial charge on any atom is -0.497 e. The Morgan fingerprint density at radius 3 is 2.45 bits per heavy atom. The average molecular weight is 451 g/mol. The second kappa shape index (κ2) is 9.67. The van der Waals surface area contributed by atoms with Gasteiger partial charge in [0.25, 0.3) is 0 Å². The molecule has 33 heavy (non-hydrogen) atoms. The number of likely N-dealkylation sites (tertiary alicyclic amines) is 1. The van der Waals surface area contributed by atoms with Crippen LogP contribution in [-0.2, 0) is 4.79 Å². The van der Waals surface area contributed by atoms with E-state index in [2.05, 4.69) is 4.90 Å². The minimum atomic E-state index is -0.204. The van der Waals surface area contributed by atoms with E-state index < -0.39 is 0 Å². The van der Waals surface area contributed by atoms with Gasteiger partial charge in [0.2, 0.25) is 11.3 Å². The van der Waals surface area contributed by atoms with Crippen molar-refractivity contribution in [3.8, 4) is 22.6 Å². The molecule has 0 radical (unpaired) electrons. The van der Waals surface area contributed by atoms with E-state index in [0.29, 0.717) is 34.6 Å². The molecule has 0 spiro atoms. The lowest BCUT2D eigenvalue weighted by molar-refractivity contribution is -0.123. The molecule has 7 nitrogen and oxygen atoms in total. The van der Waals surface area contributed by atoms with Gasteiger partial charge in [0.15, 0.2) is 0 Å². The first-order chi connectivity index (χ1) is 15.9. The van der Waals surface area contributed by atoms with Crippen LogP contribution in [0, 0.1) is 19.8 Å². The first-order valence-corrected chi connectivity index (χ1v) is 11.2. The zero-order chi connectivity index (χ0) is 23.5. The maximum atomic E-state index is 13.3. The van der Waals surface area contributed by atoms with Crippen LogP contribution < -0.4 is 20.6 Å². The van der Waals surface area contributed by atoms with Crippen molar-refractivity contribution in [1.82, 2.24) is 4.90 Å². The number of carbonyl (C=O) groups excluding carboxylic acids is 1. The Bertz CT molecular complexity index is 1210. The van der Waals surface area contributed by atoms with Crippen molar-refractivity contribution in [3.05, 3.63) is 57.9 Å². The summed E-state index contributed by atoms with van der Waals surface area (Å²) in [4.78, 5) is 26.9. The van der Waals surface area contributed by atoms with E-state index in [0.717, 1.165) is 49.4 Å². The highest BCUT2D eigenvalue weighted by Crippen LogP contribution is 2.31. The van der Waals surface area contributed by atoms with Crippen LogP contribution in [0.1, 0.15) is 24.2 Å². The number of hydrogen-bond donors (Lipinski definition) is 1. The van der Waals surface area contributed by atoms with Crippen molar-refractivity contribution in [1.29, 1.82) is 0 Å². The molecule has 0 aliphatic carbocycles. The number of ether oxygens (including phenoxy) is 2. The van der Waals surface area contributed by atoms with Crippen LogP contribution in [0.5, 0.6) is 11.5 Å². The second-order valence-corrected chi connectivity index (χ2v) is 8.52. The average Bonchev–Trinajstić information content (AvgIpc) is 2.82. The molecule has 1 aromatic heterocycles. The molecule has 0 atom stereocenters. The monoisotopic (exact) mass is 450 g/mol. The van der Waals surface area contributed by atoms with Gasteiger partial charge in [-0.3, -0.25) is 14.5 Å². The Kier molecular flexibility index (Phi) is 6.70. The van der Waals surface area contributed by atoms with Gasteiger partial charge in [-0.1, -0.05) is 12.1 Å². The number of fused-ring (bicyclic) bond motifs is 1. The summed E-state index contributed by atoms with van der Waals surface area (Å²) in [5.41, 5.74) is 8.05. The van der Waals surface area contributed by atoms with E-state index in [9.17, 15) is 9.59 Å². The maximum absolute atomic E-state index is 13.3. The molecule has 0 unspecified atom stereocenters. The van der Waals surface area contributed by atoms with Crippen LogP contribution in [0.3, 0.4) is 0 Å². The van der Waals surface area contributed by atoms with Gasteiger partial charge in [0, 0.05) is 18.0 Å². The predicted molar refractivity (Wildman–Crippen MR) is 128 cm³/mol. The number of amides is 1.